The molecule has 1 aliphatic rings. The van der Waals surface area contributed by atoms with E-state index in [-0.39, 0.29) is 5.92 Å². The average Bonchev–Trinajstić information content (AvgIpc) is 2.90. The zero-order chi connectivity index (χ0) is 13.2. The van der Waals surface area contributed by atoms with Crippen molar-refractivity contribution < 1.29 is 5.11 Å². The number of aryl methyl sites for hydroxylation is 1. The number of thioether (sulfide) groups is 1. The van der Waals surface area contributed by atoms with Crippen LogP contribution in [0.5, 0.6) is 0 Å². The fourth-order valence-corrected chi connectivity index (χ4v) is 4.84. The van der Waals surface area contributed by atoms with E-state index in [1.165, 1.54) is 16.2 Å². The van der Waals surface area contributed by atoms with Gasteiger partial charge in [-0.3, -0.25) is 4.98 Å². The SMILES string of the molecule is CC(c1ccccn1)C(O)c1cc2c(s1)CCSC2. The molecule has 100 valence electrons. The number of aliphatic hydroxyl groups excluding tert-OH is 1. The summed E-state index contributed by atoms with van der Waals surface area (Å²) in [7, 11) is 0. The van der Waals surface area contributed by atoms with Gasteiger partial charge in [0, 0.05) is 33.3 Å². The van der Waals surface area contributed by atoms with E-state index in [2.05, 4.69) is 11.1 Å². The van der Waals surface area contributed by atoms with Gasteiger partial charge in [-0.05, 0) is 35.9 Å². The Morgan fingerprint density at radius 2 is 2.26 bits per heavy atom. The van der Waals surface area contributed by atoms with Gasteiger partial charge < -0.3 is 5.11 Å². The molecule has 2 aromatic heterocycles. The summed E-state index contributed by atoms with van der Waals surface area (Å²) < 4.78 is 0. The minimum absolute atomic E-state index is 0.0361. The van der Waals surface area contributed by atoms with Gasteiger partial charge in [0.2, 0.25) is 0 Å². The number of fused-ring (bicyclic) bond motifs is 1. The molecule has 2 unspecified atom stereocenters. The number of thiophene rings is 1. The van der Waals surface area contributed by atoms with E-state index in [9.17, 15) is 5.11 Å². The molecule has 1 aliphatic heterocycles. The van der Waals surface area contributed by atoms with E-state index in [0.717, 1.165) is 22.7 Å². The third-order valence-electron chi connectivity index (χ3n) is 3.57. The molecule has 0 saturated carbocycles. The maximum absolute atomic E-state index is 10.6. The summed E-state index contributed by atoms with van der Waals surface area (Å²) in [5.41, 5.74) is 2.37. The lowest BCUT2D eigenvalue weighted by molar-refractivity contribution is 0.153. The van der Waals surface area contributed by atoms with Gasteiger partial charge >= 0.3 is 0 Å². The number of aliphatic hydroxyl groups is 1. The minimum Gasteiger partial charge on any atom is -0.387 e. The highest BCUT2D eigenvalue weighted by Gasteiger charge is 2.23. The quantitative estimate of drug-likeness (QED) is 0.934. The molecular formula is C15H17NOS2. The van der Waals surface area contributed by atoms with Crippen molar-refractivity contribution in [3.63, 3.8) is 0 Å². The smallest absolute Gasteiger partial charge is 0.0962 e. The number of aromatic nitrogens is 1. The van der Waals surface area contributed by atoms with Gasteiger partial charge in [0.05, 0.1) is 6.10 Å². The van der Waals surface area contributed by atoms with Crippen molar-refractivity contribution in [3.05, 3.63) is 51.5 Å². The predicted molar refractivity (Wildman–Crippen MR) is 81.8 cm³/mol. The van der Waals surface area contributed by atoms with Crippen LogP contribution in [0.3, 0.4) is 0 Å². The Morgan fingerprint density at radius 1 is 1.37 bits per heavy atom. The molecule has 0 saturated heterocycles. The van der Waals surface area contributed by atoms with Crippen LogP contribution < -0.4 is 0 Å². The molecule has 1 N–H and O–H groups in total. The molecule has 0 aliphatic carbocycles. The summed E-state index contributed by atoms with van der Waals surface area (Å²) in [5.74, 6) is 2.34. The topological polar surface area (TPSA) is 33.1 Å². The Hall–Kier alpha value is -0.840. The summed E-state index contributed by atoms with van der Waals surface area (Å²) in [6.07, 6.45) is 2.49. The molecule has 0 amide bonds. The zero-order valence-electron chi connectivity index (χ0n) is 10.9. The monoisotopic (exact) mass is 291 g/mol. The van der Waals surface area contributed by atoms with Crippen LogP contribution in [0.25, 0.3) is 0 Å². The first-order chi connectivity index (χ1) is 9.25. The van der Waals surface area contributed by atoms with E-state index in [1.54, 1.807) is 17.5 Å². The van der Waals surface area contributed by atoms with Crippen LogP contribution in [-0.2, 0) is 12.2 Å². The molecule has 3 rings (SSSR count). The molecule has 4 heteroatoms. The average molecular weight is 291 g/mol. The summed E-state index contributed by atoms with van der Waals surface area (Å²) in [4.78, 5) is 6.90. The summed E-state index contributed by atoms with van der Waals surface area (Å²) in [6.45, 7) is 2.04. The van der Waals surface area contributed by atoms with E-state index < -0.39 is 6.10 Å². The van der Waals surface area contributed by atoms with Crippen molar-refractivity contribution in [2.45, 2.75) is 31.1 Å². The zero-order valence-corrected chi connectivity index (χ0v) is 12.5. The standard InChI is InChI=1S/C15H17NOS2/c1-10(12-4-2-3-6-16-12)15(17)14-8-11-9-18-7-5-13(11)19-14/h2-4,6,8,10,15,17H,5,7,9H2,1H3. The van der Waals surface area contributed by atoms with Crippen LogP contribution >= 0.6 is 23.1 Å². The normalized spacial score (nSPS) is 17.8. The molecule has 3 heterocycles. The van der Waals surface area contributed by atoms with Crippen LogP contribution in [0.2, 0.25) is 0 Å². The van der Waals surface area contributed by atoms with E-state index in [1.807, 2.05) is 36.9 Å². The Balaban J connectivity index is 1.83. The molecule has 0 fully saturated rings. The highest BCUT2D eigenvalue weighted by molar-refractivity contribution is 7.98. The first-order valence-electron chi connectivity index (χ1n) is 6.54. The second-order valence-electron chi connectivity index (χ2n) is 4.89. The maximum atomic E-state index is 10.6. The van der Waals surface area contributed by atoms with Crippen molar-refractivity contribution >= 4 is 23.1 Å². The van der Waals surface area contributed by atoms with Gasteiger partial charge in [0.15, 0.2) is 0 Å². The number of rotatable bonds is 3. The van der Waals surface area contributed by atoms with Crippen LogP contribution in [0.1, 0.15) is 40.0 Å². The fraction of sp³-hybridized carbons (Fsp3) is 0.400. The van der Waals surface area contributed by atoms with Crippen molar-refractivity contribution in [3.8, 4) is 0 Å². The second-order valence-corrected chi connectivity index (χ2v) is 7.16. The van der Waals surface area contributed by atoms with Crippen LogP contribution in [0.15, 0.2) is 30.5 Å². The molecular weight excluding hydrogens is 274 g/mol. The first kappa shape index (κ1) is 13.2. The number of nitrogens with zero attached hydrogens (tertiary/aromatic N) is 1. The van der Waals surface area contributed by atoms with Crippen molar-refractivity contribution in [2.75, 3.05) is 5.75 Å². The molecule has 2 aromatic rings. The summed E-state index contributed by atoms with van der Waals surface area (Å²) in [5, 5.41) is 10.6. The maximum Gasteiger partial charge on any atom is 0.0962 e. The van der Waals surface area contributed by atoms with Gasteiger partial charge in [0.1, 0.15) is 0 Å². The van der Waals surface area contributed by atoms with E-state index in [0.29, 0.717) is 0 Å². The Bertz CT molecular complexity index is 529. The van der Waals surface area contributed by atoms with Gasteiger partial charge in [0.25, 0.3) is 0 Å². The Morgan fingerprint density at radius 3 is 3.00 bits per heavy atom. The molecule has 0 radical (unpaired) electrons. The predicted octanol–water partition coefficient (Wildman–Crippen LogP) is 3.77. The van der Waals surface area contributed by atoms with Crippen molar-refractivity contribution in [2.24, 2.45) is 0 Å². The largest absolute Gasteiger partial charge is 0.387 e. The Kier molecular flexibility index (Phi) is 3.91. The van der Waals surface area contributed by atoms with E-state index in [4.69, 9.17) is 0 Å². The van der Waals surface area contributed by atoms with E-state index >= 15 is 0 Å². The fourth-order valence-electron chi connectivity index (χ4n) is 2.37. The Labute approximate surface area is 121 Å². The van der Waals surface area contributed by atoms with Crippen molar-refractivity contribution in [1.82, 2.24) is 4.98 Å². The highest BCUT2D eigenvalue weighted by atomic mass is 32.2. The van der Waals surface area contributed by atoms with Crippen LogP contribution in [0.4, 0.5) is 0 Å². The third kappa shape index (κ3) is 2.71. The van der Waals surface area contributed by atoms with Crippen molar-refractivity contribution in [1.29, 1.82) is 0 Å². The molecule has 0 bridgehead atoms. The number of hydrogen-bond acceptors (Lipinski definition) is 4. The molecule has 2 nitrogen and oxygen atoms in total. The molecule has 19 heavy (non-hydrogen) atoms. The van der Waals surface area contributed by atoms with Gasteiger partial charge in [-0.25, -0.2) is 0 Å². The highest BCUT2D eigenvalue weighted by Crippen LogP contribution is 2.38. The van der Waals surface area contributed by atoms with Crippen LogP contribution in [-0.4, -0.2) is 15.8 Å². The lowest BCUT2D eigenvalue weighted by Crippen LogP contribution is -2.07. The molecule has 0 spiro atoms. The number of hydrogen-bond donors (Lipinski definition) is 1. The summed E-state index contributed by atoms with van der Waals surface area (Å²) in [6, 6.07) is 8.05. The third-order valence-corrected chi connectivity index (χ3v) is 5.88. The first-order valence-corrected chi connectivity index (χ1v) is 8.51. The number of pyridine rings is 1. The molecule has 0 aromatic carbocycles. The van der Waals surface area contributed by atoms with Gasteiger partial charge in [-0.2, -0.15) is 11.8 Å². The lowest BCUT2D eigenvalue weighted by atomic mass is 9.98. The molecule has 2 atom stereocenters. The summed E-state index contributed by atoms with van der Waals surface area (Å²) >= 11 is 3.76. The van der Waals surface area contributed by atoms with Gasteiger partial charge in [-0.1, -0.05) is 13.0 Å². The van der Waals surface area contributed by atoms with Crippen LogP contribution in [0, 0.1) is 0 Å². The lowest BCUT2D eigenvalue weighted by Gasteiger charge is -2.16. The second kappa shape index (κ2) is 5.65. The minimum atomic E-state index is -0.449. The van der Waals surface area contributed by atoms with Gasteiger partial charge in [-0.15, -0.1) is 11.3 Å².